The van der Waals surface area contributed by atoms with Gasteiger partial charge in [0.1, 0.15) is 0 Å². The van der Waals surface area contributed by atoms with Gasteiger partial charge in [-0.25, -0.2) is 10.2 Å². The molecule has 0 spiro atoms. The summed E-state index contributed by atoms with van der Waals surface area (Å²) in [6.07, 6.45) is 4.17. The Hall–Kier alpha value is -2.82. The van der Waals surface area contributed by atoms with Crippen LogP contribution in [-0.4, -0.2) is 25.3 Å². The molecule has 1 heterocycles. The topological polar surface area (TPSA) is 56.7 Å². The number of hydrogen-bond acceptors (Lipinski definition) is 3. The maximum Gasteiger partial charge on any atom is 0.339 e. The second-order valence-electron chi connectivity index (χ2n) is 5.48. The van der Waals surface area contributed by atoms with Gasteiger partial charge in [-0.15, -0.1) is 0 Å². The van der Waals surface area contributed by atoms with Crippen molar-refractivity contribution in [1.82, 2.24) is 5.43 Å². The fourth-order valence-electron chi connectivity index (χ4n) is 2.59. The Morgan fingerprint density at radius 2 is 1.70 bits per heavy atom. The van der Waals surface area contributed by atoms with E-state index in [1.54, 1.807) is 6.21 Å². The monoisotopic (exact) mass is 308 g/mol. The van der Waals surface area contributed by atoms with Crippen molar-refractivity contribution in [2.75, 3.05) is 23.3 Å². The van der Waals surface area contributed by atoms with E-state index in [1.165, 1.54) is 18.5 Å². The highest BCUT2D eigenvalue weighted by Crippen LogP contribution is 2.19. The van der Waals surface area contributed by atoms with Crippen molar-refractivity contribution >= 4 is 23.6 Å². The number of para-hydroxylation sites is 1. The normalized spacial score (nSPS) is 14.2. The van der Waals surface area contributed by atoms with Crippen LogP contribution in [0.5, 0.6) is 0 Å². The van der Waals surface area contributed by atoms with Crippen molar-refractivity contribution in [3.63, 3.8) is 0 Å². The van der Waals surface area contributed by atoms with Crippen LogP contribution in [0.25, 0.3) is 0 Å². The van der Waals surface area contributed by atoms with Crippen molar-refractivity contribution < 1.29 is 4.79 Å². The molecule has 0 radical (unpaired) electrons. The first-order chi connectivity index (χ1) is 11.3. The number of benzene rings is 2. The molecule has 0 bridgehead atoms. The van der Waals surface area contributed by atoms with Crippen LogP contribution in [0, 0.1) is 0 Å². The molecule has 1 aliphatic rings. The van der Waals surface area contributed by atoms with E-state index in [-0.39, 0.29) is 6.03 Å². The zero-order chi connectivity index (χ0) is 15.9. The van der Waals surface area contributed by atoms with Crippen molar-refractivity contribution in [3.8, 4) is 0 Å². The van der Waals surface area contributed by atoms with Gasteiger partial charge in [0.2, 0.25) is 0 Å². The maximum absolute atomic E-state index is 11.7. The zero-order valence-electron chi connectivity index (χ0n) is 12.9. The number of hydrazone groups is 1. The van der Waals surface area contributed by atoms with Gasteiger partial charge >= 0.3 is 6.03 Å². The molecule has 0 unspecified atom stereocenters. The number of hydrogen-bond donors (Lipinski definition) is 2. The molecular formula is C18H20N4O. The standard InChI is InChI=1S/C18H20N4O/c23-18(20-16-6-2-1-3-7-16)21-19-14-15-8-10-17(11-9-15)22-12-4-5-13-22/h1-3,6-11,14H,4-5,12-13H2,(H2,20,21,23)/b19-14-. The van der Waals surface area contributed by atoms with Crippen molar-refractivity contribution in [2.45, 2.75) is 12.8 Å². The summed E-state index contributed by atoms with van der Waals surface area (Å²) < 4.78 is 0. The molecule has 1 aliphatic heterocycles. The highest BCUT2D eigenvalue weighted by atomic mass is 16.2. The fraction of sp³-hybridized carbons (Fsp3) is 0.222. The number of urea groups is 1. The Balaban J connectivity index is 1.50. The molecule has 2 aromatic carbocycles. The average molecular weight is 308 g/mol. The molecule has 118 valence electrons. The molecule has 2 N–H and O–H groups in total. The lowest BCUT2D eigenvalue weighted by Gasteiger charge is -2.17. The molecule has 3 rings (SSSR count). The highest BCUT2D eigenvalue weighted by molar-refractivity contribution is 5.90. The number of nitrogens with one attached hydrogen (secondary N) is 2. The van der Waals surface area contributed by atoms with E-state index in [1.807, 2.05) is 42.5 Å². The van der Waals surface area contributed by atoms with E-state index in [0.29, 0.717) is 0 Å². The van der Waals surface area contributed by atoms with E-state index in [4.69, 9.17) is 0 Å². The van der Waals surface area contributed by atoms with Crippen LogP contribution in [0.2, 0.25) is 0 Å². The smallest absolute Gasteiger partial charge is 0.339 e. The number of carbonyl (C=O) groups excluding carboxylic acids is 1. The van der Waals surface area contributed by atoms with E-state index in [9.17, 15) is 4.79 Å². The molecule has 1 fully saturated rings. The van der Waals surface area contributed by atoms with Crippen LogP contribution in [-0.2, 0) is 0 Å². The first kappa shape index (κ1) is 15.1. The number of anilines is 2. The Morgan fingerprint density at radius 1 is 1.00 bits per heavy atom. The van der Waals surface area contributed by atoms with Gasteiger partial charge in [-0.1, -0.05) is 30.3 Å². The second-order valence-corrected chi connectivity index (χ2v) is 5.48. The summed E-state index contributed by atoms with van der Waals surface area (Å²) in [5.74, 6) is 0. The molecule has 0 aliphatic carbocycles. The summed E-state index contributed by atoms with van der Waals surface area (Å²) >= 11 is 0. The number of carbonyl (C=O) groups is 1. The number of amides is 2. The lowest BCUT2D eigenvalue weighted by Crippen LogP contribution is -2.24. The Morgan fingerprint density at radius 3 is 2.39 bits per heavy atom. The van der Waals surface area contributed by atoms with Crippen LogP contribution >= 0.6 is 0 Å². The Bertz CT molecular complexity index is 661. The highest BCUT2D eigenvalue weighted by Gasteiger charge is 2.11. The van der Waals surface area contributed by atoms with Crippen LogP contribution in [0.4, 0.5) is 16.2 Å². The number of nitrogens with zero attached hydrogens (tertiary/aromatic N) is 2. The predicted molar refractivity (Wildman–Crippen MR) is 94.1 cm³/mol. The van der Waals surface area contributed by atoms with Crippen molar-refractivity contribution in [2.24, 2.45) is 5.10 Å². The lowest BCUT2D eigenvalue weighted by molar-refractivity contribution is 0.252. The van der Waals surface area contributed by atoms with E-state index in [0.717, 1.165) is 24.3 Å². The summed E-state index contributed by atoms with van der Waals surface area (Å²) in [5.41, 5.74) is 5.39. The largest absolute Gasteiger partial charge is 0.372 e. The Kier molecular flexibility index (Phi) is 4.88. The molecule has 2 aromatic rings. The van der Waals surface area contributed by atoms with Crippen LogP contribution in [0.3, 0.4) is 0 Å². The number of rotatable bonds is 4. The quantitative estimate of drug-likeness (QED) is 0.671. The average Bonchev–Trinajstić information content (AvgIpc) is 3.11. The van der Waals surface area contributed by atoms with Crippen LogP contribution in [0.15, 0.2) is 59.7 Å². The molecular weight excluding hydrogens is 288 g/mol. The minimum absolute atomic E-state index is 0.360. The zero-order valence-corrected chi connectivity index (χ0v) is 12.9. The summed E-state index contributed by atoms with van der Waals surface area (Å²) in [5, 5.41) is 6.67. The van der Waals surface area contributed by atoms with Gasteiger partial charge in [-0.3, -0.25) is 0 Å². The van der Waals surface area contributed by atoms with Gasteiger partial charge < -0.3 is 10.2 Å². The van der Waals surface area contributed by atoms with Gasteiger partial charge in [0.15, 0.2) is 0 Å². The van der Waals surface area contributed by atoms with Crippen molar-refractivity contribution in [1.29, 1.82) is 0 Å². The molecule has 0 aromatic heterocycles. The summed E-state index contributed by atoms with van der Waals surface area (Å²) in [6, 6.07) is 17.1. The summed E-state index contributed by atoms with van der Waals surface area (Å²) in [6.45, 7) is 2.27. The van der Waals surface area contributed by atoms with Gasteiger partial charge in [-0.2, -0.15) is 5.10 Å². The predicted octanol–water partition coefficient (Wildman–Crippen LogP) is 3.44. The minimum atomic E-state index is -0.360. The second kappa shape index (κ2) is 7.45. The van der Waals surface area contributed by atoms with E-state index >= 15 is 0 Å². The van der Waals surface area contributed by atoms with E-state index in [2.05, 4.69) is 32.9 Å². The van der Waals surface area contributed by atoms with Crippen LogP contribution < -0.4 is 15.6 Å². The molecule has 5 nitrogen and oxygen atoms in total. The molecule has 5 heteroatoms. The molecule has 1 saturated heterocycles. The lowest BCUT2D eigenvalue weighted by atomic mass is 10.2. The molecule has 0 atom stereocenters. The third-order valence-corrected chi connectivity index (χ3v) is 3.78. The summed E-state index contributed by atoms with van der Waals surface area (Å²) in [4.78, 5) is 14.1. The molecule has 2 amide bonds. The molecule has 23 heavy (non-hydrogen) atoms. The maximum atomic E-state index is 11.7. The first-order valence-corrected chi connectivity index (χ1v) is 7.81. The third kappa shape index (κ3) is 4.32. The van der Waals surface area contributed by atoms with Gasteiger partial charge in [0.25, 0.3) is 0 Å². The Labute approximate surface area is 136 Å². The van der Waals surface area contributed by atoms with E-state index < -0.39 is 0 Å². The SMILES string of the molecule is O=C(N/N=C\c1ccc(N2CCCC2)cc1)Nc1ccccc1. The fourth-order valence-corrected chi connectivity index (χ4v) is 2.59. The van der Waals surface area contributed by atoms with Gasteiger partial charge in [0.05, 0.1) is 6.21 Å². The minimum Gasteiger partial charge on any atom is -0.372 e. The van der Waals surface area contributed by atoms with Gasteiger partial charge in [-0.05, 0) is 42.7 Å². The van der Waals surface area contributed by atoms with Gasteiger partial charge in [0, 0.05) is 24.5 Å². The molecule has 0 saturated carbocycles. The third-order valence-electron chi connectivity index (χ3n) is 3.78. The summed E-state index contributed by atoms with van der Waals surface area (Å²) in [7, 11) is 0. The van der Waals surface area contributed by atoms with Crippen molar-refractivity contribution in [3.05, 3.63) is 60.2 Å². The first-order valence-electron chi connectivity index (χ1n) is 7.81. The van der Waals surface area contributed by atoms with Crippen LogP contribution in [0.1, 0.15) is 18.4 Å².